The molecule has 1 aromatic heterocycles. The highest BCUT2D eigenvalue weighted by atomic mass is 19.4. The van der Waals surface area contributed by atoms with Gasteiger partial charge in [-0.25, -0.2) is 4.98 Å². The van der Waals surface area contributed by atoms with Crippen LogP contribution in [0.25, 0.3) is 0 Å². The van der Waals surface area contributed by atoms with Gasteiger partial charge in [-0.05, 0) is 18.2 Å². The fourth-order valence-electron chi connectivity index (χ4n) is 1.39. The zero-order valence-electron chi connectivity index (χ0n) is 9.69. The summed E-state index contributed by atoms with van der Waals surface area (Å²) in [6.45, 7) is 0.173. The van der Waals surface area contributed by atoms with Crippen molar-refractivity contribution in [3.8, 4) is 11.6 Å². The lowest BCUT2D eigenvalue weighted by atomic mass is 10.2. The first-order valence-corrected chi connectivity index (χ1v) is 5.35. The van der Waals surface area contributed by atoms with Crippen LogP contribution in [-0.4, -0.2) is 9.97 Å². The Bertz CT molecular complexity index is 572. The molecule has 0 aliphatic rings. The van der Waals surface area contributed by atoms with Crippen LogP contribution in [0, 0.1) is 0 Å². The molecule has 1 aromatic carbocycles. The van der Waals surface area contributed by atoms with Gasteiger partial charge in [0.25, 0.3) is 0 Å². The standard InChI is InChI=1S/C12H10F3N3O/c13-12(14,15)8-2-1-3-10(4-8)19-11-7-17-6-9(5-16)18-11/h1-4,6-7H,5,16H2. The van der Waals surface area contributed by atoms with Crippen LogP contribution in [0.5, 0.6) is 11.6 Å². The van der Waals surface area contributed by atoms with E-state index in [1.54, 1.807) is 0 Å². The SMILES string of the molecule is NCc1cncc(Oc2cccc(C(F)(F)F)c2)n1. The van der Waals surface area contributed by atoms with Gasteiger partial charge in [-0.15, -0.1) is 0 Å². The lowest BCUT2D eigenvalue weighted by Gasteiger charge is -2.09. The molecule has 0 amide bonds. The maximum Gasteiger partial charge on any atom is 0.416 e. The van der Waals surface area contributed by atoms with E-state index in [-0.39, 0.29) is 18.2 Å². The molecule has 7 heteroatoms. The number of hydrogen-bond donors (Lipinski definition) is 1. The summed E-state index contributed by atoms with van der Waals surface area (Å²) in [5, 5.41) is 0. The van der Waals surface area contributed by atoms with Crippen LogP contribution in [0.1, 0.15) is 11.3 Å². The third-order valence-corrected chi connectivity index (χ3v) is 2.26. The number of halogens is 3. The highest BCUT2D eigenvalue weighted by Crippen LogP contribution is 2.32. The second-order valence-electron chi connectivity index (χ2n) is 3.68. The largest absolute Gasteiger partial charge is 0.437 e. The fraction of sp³-hybridized carbons (Fsp3) is 0.167. The molecule has 0 bridgehead atoms. The molecular formula is C12H10F3N3O. The lowest BCUT2D eigenvalue weighted by molar-refractivity contribution is -0.137. The summed E-state index contributed by atoms with van der Waals surface area (Å²) in [5.41, 5.74) is 5.09. The summed E-state index contributed by atoms with van der Waals surface area (Å²) in [7, 11) is 0. The molecule has 0 aliphatic heterocycles. The summed E-state index contributed by atoms with van der Waals surface area (Å²) in [5.74, 6) is 0.139. The molecule has 4 nitrogen and oxygen atoms in total. The van der Waals surface area contributed by atoms with Crippen molar-refractivity contribution in [1.82, 2.24) is 9.97 Å². The first kappa shape index (κ1) is 13.3. The molecule has 0 saturated carbocycles. The quantitative estimate of drug-likeness (QED) is 0.930. The zero-order chi connectivity index (χ0) is 13.9. The Labute approximate surface area is 107 Å². The fourth-order valence-corrected chi connectivity index (χ4v) is 1.39. The van der Waals surface area contributed by atoms with Gasteiger partial charge in [0.1, 0.15) is 5.75 Å². The van der Waals surface area contributed by atoms with Crippen molar-refractivity contribution in [2.24, 2.45) is 5.73 Å². The Hall–Kier alpha value is -2.15. The van der Waals surface area contributed by atoms with E-state index >= 15 is 0 Å². The van der Waals surface area contributed by atoms with E-state index < -0.39 is 11.7 Å². The van der Waals surface area contributed by atoms with Crippen molar-refractivity contribution in [2.75, 3.05) is 0 Å². The van der Waals surface area contributed by atoms with Crippen LogP contribution < -0.4 is 10.5 Å². The molecule has 2 aromatic rings. The first-order valence-electron chi connectivity index (χ1n) is 5.35. The van der Waals surface area contributed by atoms with Gasteiger partial charge in [0.2, 0.25) is 5.88 Å². The van der Waals surface area contributed by atoms with Gasteiger partial charge in [0.05, 0.1) is 17.5 Å². The van der Waals surface area contributed by atoms with Gasteiger partial charge in [-0.1, -0.05) is 6.07 Å². The summed E-state index contributed by atoms with van der Waals surface area (Å²) < 4.78 is 42.8. The molecule has 2 rings (SSSR count). The summed E-state index contributed by atoms with van der Waals surface area (Å²) >= 11 is 0. The molecular weight excluding hydrogens is 259 g/mol. The number of aromatic nitrogens is 2. The van der Waals surface area contributed by atoms with Gasteiger partial charge in [0.15, 0.2) is 0 Å². The predicted octanol–water partition coefficient (Wildman–Crippen LogP) is 2.75. The Morgan fingerprint density at radius 1 is 1.21 bits per heavy atom. The van der Waals surface area contributed by atoms with Gasteiger partial charge in [-0.2, -0.15) is 13.2 Å². The third-order valence-electron chi connectivity index (χ3n) is 2.26. The van der Waals surface area contributed by atoms with E-state index in [1.165, 1.54) is 24.5 Å². The highest BCUT2D eigenvalue weighted by molar-refractivity contribution is 5.32. The smallest absolute Gasteiger partial charge is 0.416 e. The maximum atomic E-state index is 12.5. The third kappa shape index (κ3) is 3.41. The van der Waals surface area contributed by atoms with E-state index in [0.717, 1.165) is 12.1 Å². The highest BCUT2D eigenvalue weighted by Gasteiger charge is 2.30. The van der Waals surface area contributed by atoms with Crippen molar-refractivity contribution in [3.63, 3.8) is 0 Å². The number of alkyl halides is 3. The number of hydrogen-bond acceptors (Lipinski definition) is 4. The van der Waals surface area contributed by atoms with E-state index in [2.05, 4.69) is 9.97 Å². The average Bonchev–Trinajstić information content (AvgIpc) is 2.38. The van der Waals surface area contributed by atoms with Crippen LogP contribution in [0.3, 0.4) is 0 Å². The summed E-state index contributed by atoms with van der Waals surface area (Å²) in [6.07, 6.45) is -1.65. The van der Waals surface area contributed by atoms with E-state index in [1.807, 2.05) is 0 Å². The number of nitrogens with two attached hydrogens (primary N) is 1. The van der Waals surface area contributed by atoms with Crippen LogP contribution in [0.2, 0.25) is 0 Å². The minimum absolute atomic E-state index is 0.0401. The Morgan fingerprint density at radius 3 is 2.68 bits per heavy atom. The van der Waals surface area contributed by atoms with Gasteiger partial charge >= 0.3 is 6.18 Å². The van der Waals surface area contributed by atoms with Gasteiger partial charge in [0, 0.05) is 12.7 Å². The van der Waals surface area contributed by atoms with Crippen molar-refractivity contribution < 1.29 is 17.9 Å². The average molecular weight is 269 g/mol. The molecule has 0 saturated heterocycles. The van der Waals surface area contributed by atoms with Crippen LogP contribution in [0.4, 0.5) is 13.2 Å². The van der Waals surface area contributed by atoms with Crippen molar-refractivity contribution in [3.05, 3.63) is 47.9 Å². The van der Waals surface area contributed by atoms with E-state index in [0.29, 0.717) is 5.69 Å². The molecule has 0 atom stereocenters. The summed E-state index contributed by atoms with van der Waals surface area (Å²) in [6, 6.07) is 4.54. The Morgan fingerprint density at radius 2 is 2.00 bits per heavy atom. The second kappa shape index (κ2) is 5.23. The molecule has 19 heavy (non-hydrogen) atoms. The van der Waals surface area contributed by atoms with Crippen LogP contribution in [0.15, 0.2) is 36.7 Å². The van der Waals surface area contributed by atoms with E-state index in [4.69, 9.17) is 10.5 Å². The van der Waals surface area contributed by atoms with Crippen molar-refractivity contribution in [2.45, 2.75) is 12.7 Å². The number of rotatable bonds is 3. The molecule has 0 fully saturated rings. The number of ether oxygens (including phenoxy) is 1. The minimum Gasteiger partial charge on any atom is -0.437 e. The number of benzene rings is 1. The minimum atomic E-state index is -4.41. The molecule has 0 radical (unpaired) electrons. The van der Waals surface area contributed by atoms with Gasteiger partial charge in [-0.3, -0.25) is 4.98 Å². The maximum absolute atomic E-state index is 12.5. The van der Waals surface area contributed by atoms with Gasteiger partial charge < -0.3 is 10.5 Å². The molecule has 0 spiro atoms. The van der Waals surface area contributed by atoms with E-state index in [9.17, 15) is 13.2 Å². The monoisotopic (exact) mass is 269 g/mol. The molecule has 0 unspecified atom stereocenters. The molecule has 0 aliphatic carbocycles. The van der Waals surface area contributed by atoms with Crippen molar-refractivity contribution >= 4 is 0 Å². The summed E-state index contributed by atoms with van der Waals surface area (Å²) in [4.78, 5) is 7.82. The number of nitrogens with zero attached hydrogens (tertiary/aromatic N) is 2. The Balaban J connectivity index is 2.23. The van der Waals surface area contributed by atoms with Crippen molar-refractivity contribution in [1.29, 1.82) is 0 Å². The predicted molar refractivity (Wildman–Crippen MR) is 61.4 cm³/mol. The second-order valence-corrected chi connectivity index (χ2v) is 3.68. The lowest BCUT2D eigenvalue weighted by Crippen LogP contribution is -2.05. The molecule has 2 N–H and O–H groups in total. The molecule has 100 valence electrons. The molecule has 1 heterocycles. The van der Waals surface area contributed by atoms with Crippen LogP contribution in [-0.2, 0) is 12.7 Å². The normalized spacial score (nSPS) is 11.4. The zero-order valence-corrected chi connectivity index (χ0v) is 9.69. The Kier molecular flexibility index (Phi) is 3.66. The first-order chi connectivity index (χ1) is 8.99. The van der Waals surface area contributed by atoms with Crippen LogP contribution >= 0.6 is 0 Å². The topological polar surface area (TPSA) is 61.0 Å².